The topological polar surface area (TPSA) is 72.6 Å². The van der Waals surface area contributed by atoms with Gasteiger partial charge in [0, 0.05) is 5.75 Å². The van der Waals surface area contributed by atoms with Crippen LogP contribution in [0.1, 0.15) is 6.92 Å². The molecule has 0 unspecified atom stereocenters. The van der Waals surface area contributed by atoms with Gasteiger partial charge in [-0.25, -0.2) is 4.79 Å². The van der Waals surface area contributed by atoms with Crippen molar-refractivity contribution in [2.24, 2.45) is 5.73 Å². The van der Waals surface area contributed by atoms with Crippen LogP contribution in [0.3, 0.4) is 0 Å². The standard InChI is InChI=1S/C11H18N2O3SSi/c1-6-5-17-10-7(12)9(14)13(10)8(6)11(15)16-18(2,3)4/h7,10H,5,12H2,1-4H3/t7-,10-/m1/s1. The van der Waals surface area contributed by atoms with Gasteiger partial charge in [0.05, 0.1) is 0 Å². The zero-order valence-corrected chi connectivity index (χ0v) is 12.8. The van der Waals surface area contributed by atoms with Crippen LogP contribution in [0.25, 0.3) is 0 Å². The molecule has 1 amide bonds. The highest BCUT2D eigenvalue weighted by Crippen LogP contribution is 2.39. The maximum absolute atomic E-state index is 12.2. The number of nitrogens with zero attached hydrogens (tertiary/aromatic N) is 1. The van der Waals surface area contributed by atoms with Gasteiger partial charge in [0.2, 0.25) is 14.2 Å². The average Bonchev–Trinajstić information content (AvgIpc) is 2.25. The Morgan fingerprint density at radius 1 is 1.50 bits per heavy atom. The normalized spacial score (nSPS) is 27.8. The lowest BCUT2D eigenvalue weighted by molar-refractivity contribution is -0.147. The summed E-state index contributed by atoms with van der Waals surface area (Å²) in [4.78, 5) is 25.5. The minimum Gasteiger partial charge on any atom is -0.515 e. The van der Waals surface area contributed by atoms with Gasteiger partial charge in [-0.1, -0.05) is 0 Å². The molecular weight excluding hydrogens is 268 g/mol. The number of amides is 1. The number of fused-ring (bicyclic) bond motifs is 1. The Morgan fingerprint density at radius 2 is 2.11 bits per heavy atom. The van der Waals surface area contributed by atoms with Crippen LogP contribution in [-0.4, -0.2) is 42.3 Å². The Bertz CT molecular complexity index is 444. The maximum atomic E-state index is 12.2. The summed E-state index contributed by atoms with van der Waals surface area (Å²) in [6.45, 7) is 7.69. The molecule has 5 nitrogen and oxygen atoms in total. The van der Waals surface area contributed by atoms with Crippen molar-refractivity contribution < 1.29 is 14.0 Å². The quantitative estimate of drug-likeness (QED) is 0.602. The van der Waals surface area contributed by atoms with E-state index in [0.29, 0.717) is 5.70 Å². The molecule has 100 valence electrons. The molecule has 0 aromatic carbocycles. The van der Waals surface area contributed by atoms with Gasteiger partial charge < -0.3 is 10.2 Å². The summed E-state index contributed by atoms with van der Waals surface area (Å²) in [7, 11) is -1.96. The summed E-state index contributed by atoms with van der Waals surface area (Å²) in [5.41, 5.74) is 7.03. The maximum Gasteiger partial charge on any atom is 0.341 e. The summed E-state index contributed by atoms with van der Waals surface area (Å²) in [6, 6.07) is -0.488. The number of β-lactam (4-membered cyclic amide) rings is 1. The molecule has 18 heavy (non-hydrogen) atoms. The van der Waals surface area contributed by atoms with Gasteiger partial charge in [-0.15, -0.1) is 11.8 Å². The number of hydrogen-bond donors (Lipinski definition) is 1. The van der Waals surface area contributed by atoms with Crippen molar-refractivity contribution in [1.29, 1.82) is 0 Å². The predicted octanol–water partition coefficient (Wildman–Crippen LogP) is 0.881. The largest absolute Gasteiger partial charge is 0.515 e. The SMILES string of the molecule is CC1=C(C(=O)O[Si](C)(C)C)N2C(=O)[C@@H](N)[C@H]2SC1. The number of hydrogen-bond acceptors (Lipinski definition) is 5. The predicted molar refractivity (Wildman–Crippen MR) is 73.2 cm³/mol. The highest BCUT2D eigenvalue weighted by atomic mass is 32.2. The third-order valence-electron chi connectivity index (χ3n) is 2.79. The molecule has 7 heteroatoms. The average molecular weight is 286 g/mol. The molecule has 0 aliphatic carbocycles. The van der Waals surface area contributed by atoms with E-state index in [1.807, 2.05) is 26.6 Å². The summed E-state index contributed by atoms with van der Waals surface area (Å²) in [5.74, 6) is 0.157. The monoisotopic (exact) mass is 286 g/mol. The van der Waals surface area contributed by atoms with Crippen LogP contribution in [0.15, 0.2) is 11.3 Å². The van der Waals surface area contributed by atoms with Gasteiger partial charge in [-0.3, -0.25) is 9.69 Å². The van der Waals surface area contributed by atoms with Gasteiger partial charge in [0.15, 0.2) is 0 Å². The van der Waals surface area contributed by atoms with Crippen molar-refractivity contribution in [3.63, 3.8) is 0 Å². The fourth-order valence-electron chi connectivity index (χ4n) is 1.99. The third-order valence-corrected chi connectivity index (χ3v) is 5.04. The summed E-state index contributed by atoms with van der Waals surface area (Å²) in [6.07, 6.45) is 0. The first kappa shape index (κ1) is 13.6. The molecule has 0 radical (unpaired) electrons. The Kier molecular flexibility index (Phi) is 3.33. The minimum atomic E-state index is -1.96. The second-order valence-electron chi connectivity index (χ2n) is 5.57. The van der Waals surface area contributed by atoms with Gasteiger partial charge in [-0.2, -0.15) is 0 Å². The van der Waals surface area contributed by atoms with E-state index in [4.69, 9.17) is 10.2 Å². The number of thioether (sulfide) groups is 1. The number of nitrogens with two attached hydrogens (primary N) is 1. The molecule has 0 aromatic rings. The molecule has 2 N–H and O–H groups in total. The lowest BCUT2D eigenvalue weighted by Gasteiger charge is -2.48. The van der Waals surface area contributed by atoms with Crippen molar-refractivity contribution in [3.05, 3.63) is 11.3 Å². The molecule has 0 saturated carbocycles. The van der Waals surface area contributed by atoms with Gasteiger partial charge in [0.25, 0.3) is 0 Å². The van der Waals surface area contributed by atoms with Gasteiger partial charge in [0.1, 0.15) is 17.1 Å². The third kappa shape index (κ3) is 2.22. The van der Waals surface area contributed by atoms with Crippen molar-refractivity contribution in [2.45, 2.75) is 38.0 Å². The number of carbonyl (C=O) groups is 2. The van der Waals surface area contributed by atoms with Crippen molar-refractivity contribution >= 4 is 32.0 Å². The van der Waals surface area contributed by atoms with E-state index in [9.17, 15) is 9.59 Å². The second-order valence-corrected chi connectivity index (χ2v) is 11.1. The Balaban J connectivity index is 2.25. The Labute approximate surface area is 112 Å². The van der Waals surface area contributed by atoms with Crippen LogP contribution < -0.4 is 5.73 Å². The Hall–Kier alpha value is -0.793. The minimum absolute atomic E-state index is 0.106. The fraction of sp³-hybridized carbons (Fsp3) is 0.636. The number of carbonyl (C=O) groups excluding carboxylic acids is 2. The fourth-order valence-corrected chi connectivity index (χ4v) is 3.88. The van der Waals surface area contributed by atoms with Crippen molar-refractivity contribution in [1.82, 2.24) is 4.90 Å². The van der Waals surface area contributed by atoms with Crippen LogP contribution in [-0.2, 0) is 14.0 Å². The molecule has 1 saturated heterocycles. The molecule has 2 rings (SSSR count). The van der Waals surface area contributed by atoms with Crippen LogP contribution in [0.2, 0.25) is 19.6 Å². The molecule has 0 bridgehead atoms. The van der Waals surface area contributed by atoms with E-state index in [1.165, 1.54) is 4.90 Å². The van der Waals surface area contributed by atoms with E-state index >= 15 is 0 Å². The Morgan fingerprint density at radius 3 is 2.67 bits per heavy atom. The highest BCUT2D eigenvalue weighted by Gasteiger charge is 2.51. The van der Waals surface area contributed by atoms with Gasteiger partial charge >= 0.3 is 5.97 Å². The van der Waals surface area contributed by atoms with E-state index in [2.05, 4.69) is 0 Å². The van der Waals surface area contributed by atoms with Crippen LogP contribution in [0.4, 0.5) is 0 Å². The second kappa shape index (κ2) is 4.39. The first-order chi connectivity index (χ1) is 8.22. The smallest absolute Gasteiger partial charge is 0.341 e. The van der Waals surface area contributed by atoms with E-state index < -0.39 is 14.4 Å². The molecule has 2 aliphatic rings. The summed E-state index contributed by atoms with van der Waals surface area (Å²) >= 11 is 1.60. The van der Waals surface area contributed by atoms with E-state index in [1.54, 1.807) is 11.8 Å². The molecule has 2 atom stereocenters. The zero-order valence-electron chi connectivity index (χ0n) is 11.0. The van der Waals surface area contributed by atoms with E-state index in [0.717, 1.165) is 11.3 Å². The molecular formula is C11H18N2O3SSi. The highest BCUT2D eigenvalue weighted by molar-refractivity contribution is 8.00. The van der Waals surface area contributed by atoms with Gasteiger partial charge in [-0.05, 0) is 32.1 Å². The molecule has 0 aromatic heterocycles. The lowest BCUT2D eigenvalue weighted by atomic mass is 10.0. The van der Waals surface area contributed by atoms with Crippen LogP contribution in [0.5, 0.6) is 0 Å². The zero-order chi connectivity index (χ0) is 13.7. The van der Waals surface area contributed by atoms with Crippen molar-refractivity contribution in [3.8, 4) is 0 Å². The lowest BCUT2D eigenvalue weighted by Crippen LogP contribution is -2.68. The first-order valence-corrected chi connectivity index (χ1v) is 10.3. The molecule has 2 aliphatic heterocycles. The molecule has 2 heterocycles. The molecule has 1 fully saturated rings. The number of rotatable bonds is 2. The first-order valence-electron chi connectivity index (χ1n) is 5.86. The summed E-state index contributed by atoms with van der Waals surface area (Å²) < 4.78 is 5.48. The van der Waals surface area contributed by atoms with Crippen molar-refractivity contribution in [2.75, 3.05) is 5.75 Å². The van der Waals surface area contributed by atoms with E-state index in [-0.39, 0.29) is 17.3 Å². The molecule has 0 spiro atoms. The van der Waals surface area contributed by atoms with Crippen LogP contribution in [0, 0.1) is 0 Å². The summed E-state index contributed by atoms with van der Waals surface area (Å²) in [5, 5.41) is -0.106. The van der Waals surface area contributed by atoms with Crippen LogP contribution >= 0.6 is 11.8 Å².